The molecule has 29 heavy (non-hydrogen) atoms. The van der Waals surface area contributed by atoms with E-state index in [1.807, 2.05) is 24.3 Å². The van der Waals surface area contributed by atoms with Crippen LogP contribution in [0.1, 0.15) is 30.4 Å². The van der Waals surface area contributed by atoms with E-state index in [0.29, 0.717) is 18.6 Å². The number of nitrogens with zero attached hydrogens (tertiary/aromatic N) is 2. The maximum absolute atomic E-state index is 10.3. The molecule has 2 aromatic carbocycles. The molecule has 2 aromatic rings. The molecule has 0 amide bonds. The first kappa shape index (κ1) is 18.5. The van der Waals surface area contributed by atoms with Crippen LogP contribution in [0.2, 0.25) is 0 Å². The van der Waals surface area contributed by atoms with E-state index in [0.717, 1.165) is 39.8 Å². The summed E-state index contributed by atoms with van der Waals surface area (Å²) in [5.41, 5.74) is 8.67. The van der Waals surface area contributed by atoms with Crippen LogP contribution in [0.3, 0.4) is 0 Å². The number of nitriles is 1. The van der Waals surface area contributed by atoms with Crippen molar-refractivity contribution in [3.05, 3.63) is 52.0 Å². The van der Waals surface area contributed by atoms with Crippen LogP contribution in [0.15, 0.2) is 45.9 Å². The van der Waals surface area contributed by atoms with Gasteiger partial charge in [0.25, 0.3) is 6.02 Å². The second-order valence-electron chi connectivity index (χ2n) is 7.94. The molecule has 1 spiro atoms. The van der Waals surface area contributed by atoms with E-state index in [2.05, 4.69) is 28.1 Å². The molecule has 3 N–H and O–H groups in total. The van der Waals surface area contributed by atoms with Gasteiger partial charge in [-0.1, -0.05) is 22.0 Å². The molecule has 6 nitrogen and oxygen atoms in total. The maximum atomic E-state index is 10.3. The lowest BCUT2D eigenvalue weighted by Crippen LogP contribution is -2.51. The summed E-state index contributed by atoms with van der Waals surface area (Å²) in [6, 6.07) is 14.0. The monoisotopic (exact) mass is 453 g/mol. The fourth-order valence-electron chi connectivity index (χ4n) is 4.87. The third-order valence-electron chi connectivity index (χ3n) is 6.21. The Hall–Kier alpha value is -2.56. The summed E-state index contributed by atoms with van der Waals surface area (Å²) in [6.07, 6.45) is 1.71. The van der Waals surface area contributed by atoms with E-state index in [1.54, 1.807) is 6.07 Å². The summed E-state index contributed by atoms with van der Waals surface area (Å²) < 4.78 is 12.8. The molecule has 3 aliphatic rings. The molecular weight excluding hydrogens is 434 g/mol. The van der Waals surface area contributed by atoms with E-state index in [-0.39, 0.29) is 24.1 Å². The standard InChI is InChI=1S/C22H20BrN3O3/c23-15-6-12(10-24)5-14(7-15)13-1-3-19-17(8-13)22(11-28-21(25)26-22)18-9-16(27)2-4-20(18)29-19/h1,3,5-8,16,18,20,27H,2,4,9,11H2,(H2,25,26)/t16-,18?,20?,22?/m0/s1. The zero-order valence-corrected chi connectivity index (χ0v) is 17.2. The minimum atomic E-state index is -0.663. The Morgan fingerprint density at radius 3 is 2.83 bits per heavy atom. The Bertz CT molecular complexity index is 1060. The smallest absolute Gasteiger partial charge is 0.283 e. The number of fused-ring (bicyclic) bond motifs is 4. The largest absolute Gasteiger partial charge is 0.490 e. The van der Waals surface area contributed by atoms with Crippen LogP contribution in [0.4, 0.5) is 0 Å². The second-order valence-corrected chi connectivity index (χ2v) is 8.86. The average Bonchev–Trinajstić information content (AvgIpc) is 3.10. The Morgan fingerprint density at radius 1 is 1.21 bits per heavy atom. The Morgan fingerprint density at radius 2 is 2.07 bits per heavy atom. The van der Waals surface area contributed by atoms with E-state index in [1.165, 1.54) is 0 Å². The highest BCUT2D eigenvalue weighted by molar-refractivity contribution is 9.10. The van der Waals surface area contributed by atoms with Crippen molar-refractivity contribution in [1.82, 2.24) is 0 Å². The van der Waals surface area contributed by atoms with Gasteiger partial charge in [0.15, 0.2) is 0 Å². The molecule has 0 bridgehead atoms. The summed E-state index contributed by atoms with van der Waals surface area (Å²) in [6.45, 7) is 0.342. The fraction of sp³-hybridized carbons (Fsp3) is 0.364. The number of hydrogen-bond acceptors (Lipinski definition) is 6. The number of halogens is 1. The molecule has 0 saturated heterocycles. The first-order valence-electron chi connectivity index (χ1n) is 9.67. The van der Waals surface area contributed by atoms with Gasteiger partial charge in [0, 0.05) is 16.0 Å². The summed E-state index contributed by atoms with van der Waals surface area (Å²) in [5.74, 6) is 0.774. The van der Waals surface area contributed by atoms with Crippen molar-refractivity contribution in [3.63, 3.8) is 0 Å². The van der Waals surface area contributed by atoms with Crippen LogP contribution in [0.25, 0.3) is 11.1 Å². The number of rotatable bonds is 1. The van der Waals surface area contributed by atoms with Gasteiger partial charge < -0.3 is 20.3 Å². The average molecular weight is 454 g/mol. The first-order chi connectivity index (χ1) is 14.0. The minimum Gasteiger partial charge on any atom is -0.490 e. The normalized spacial score (nSPS) is 29.8. The number of ether oxygens (including phenoxy) is 2. The minimum absolute atomic E-state index is 0.00720. The van der Waals surface area contributed by atoms with Gasteiger partial charge in [0.2, 0.25) is 0 Å². The molecule has 0 aromatic heterocycles. The van der Waals surface area contributed by atoms with Crippen LogP contribution in [-0.4, -0.2) is 29.9 Å². The lowest BCUT2D eigenvalue weighted by atomic mass is 9.67. The number of aliphatic imine (C=N–C) groups is 1. The van der Waals surface area contributed by atoms with Gasteiger partial charge in [-0.05, 0) is 60.7 Å². The van der Waals surface area contributed by atoms with Crippen LogP contribution >= 0.6 is 15.9 Å². The van der Waals surface area contributed by atoms with Crippen LogP contribution < -0.4 is 10.5 Å². The molecule has 1 saturated carbocycles. The first-order valence-corrected chi connectivity index (χ1v) is 10.5. The number of aliphatic hydroxyl groups is 1. The van der Waals surface area contributed by atoms with Crippen molar-refractivity contribution >= 4 is 22.0 Å². The maximum Gasteiger partial charge on any atom is 0.283 e. The molecule has 1 aliphatic carbocycles. The zero-order chi connectivity index (χ0) is 20.2. The highest BCUT2D eigenvalue weighted by Gasteiger charge is 2.55. The van der Waals surface area contributed by atoms with E-state index in [4.69, 9.17) is 20.2 Å². The lowest BCUT2D eigenvalue weighted by molar-refractivity contribution is -0.0359. The van der Waals surface area contributed by atoms with Gasteiger partial charge in [-0.3, -0.25) is 0 Å². The van der Waals surface area contributed by atoms with Crippen molar-refractivity contribution in [2.24, 2.45) is 16.6 Å². The van der Waals surface area contributed by atoms with Crippen molar-refractivity contribution in [2.45, 2.75) is 37.0 Å². The molecule has 5 rings (SSSR count). The number of nitrogens with two attached hydrogens (primary N) is 1. The molecular formula is C22H20BrN3O3. The summed E-state index contributed by atoms with van der Waals surface area (Å²) in [5, 5.41) is 19.6. The van der Waals surface area contributed by atoms with Crippen molar-refractivity contribution in [1.29, 1.82) is 5.26 Å². The predicted octanol–water partition coefficient (Wildman–Crippen LogP) is 3.45. The van der Waals surface area contributed by atoms with Gasteiger partial charge in [-0.15, -0.1) is 0 Å². The predicted molar refractivity (Wildman–Crippen MR) is 111 cm³/mol. The number of hydrogen-bond donors (Lipinski definition) is 2. The highest BCUT2D eigenvalue weighted by atomic mass is 79.9. The molecule has 2 aliphatic heterocycles. The van der Waals surface area contributed by atoms with Gasteiger partial charge >= 0.3 is 0 Å². The Kier molecular flexibility index (Phi) is 4.30. The molecule has 0 radical (unpaired) electrons. The van der Waals surface area contributed by atoms with Crippen LogP contribution in [0.5, 0.6) is 5.75 Å². The summed E-state index contributed by atoms with van der Waals surface area (Å²) >= 11 is 3.48. The van der Waals surface area contributed by atoms with E-state index >= 15 is 0 Å². The van der Waals surface area contributed by atoms with Gasteiger partial charge in [-0.25, -0.2) is 4.99 Å². The number of benzene rings is 2. The molecule has 1 fully saturated rings. The van der Waals surface area contributed by atoms with Crippen molar-refractivity contribution in [3.8, 4) is 22.9 Å². The third kappa shape index (κ3) is 2.98. The Labute approximate surface area is 177 Å². The molecule has 4 atom stereocenters. The van der Waals surface area contributed by atoms with Gasteiger partial charge in [0.05, 0.1) is 17.7 Å². The number of aliphatic hydroxyl groups excluding tert-OH is 1. The molecule has 3 unspecified atom stereocenters. The second kappa shape index (κ2) is 6.75. The number of amidine groups is 1. The van der Waals surface area contributed by atoms with Crippen molar-refractivity contribution in [2.75, 3.05) is 6.61 Å². The van der Waals surface area contributed by atoms with Gasteiger partial charge in [0.1, 0.15) is 24.0 Å². The Balaban J connectivity index is 1.66. The van der Waals surface area contributed by atoms with Crippen LogP contribution in [0, 0.1) is 17.2 Å². The third-order valence-corrected chi connectivity index (χ3v) is 6.66. The lowest BCUT2D eigenvalue weighted by Gasteiger charge is -2.47. The highest BCUT2D eigenvalue weighted by Crippen LogP contribution is 2.53. The van der Waals surface area contributed by atoms with Gasteiger partial charge in [-0.2, -0.15) is 5.26 Å². The van der Waals surface area contributed by atoms with Crippen molar-refractivity contribution < 1.29 is 14.6 Å². The van der Waals surface area contributed by atoms with E-state index < -0.39 is 5.54 Å². The van der Waals surface area contributed by atoms with E-state index in [9.17, 15) is 10.4 Å². The summed E-state index contributed by atoms with van der Waals surface area (Å²) in [4.78, 5) is 4.75. The summed E-state index contributed by atoms with van der Waals surface area (Å²) in [7, 11) is 0. The van der Waals surface area contributed by atoms with Crippen LogP contribution in [-0.2, 0) is 10.3 Å². The zero-order valence-electron chi connectivity index (χ0n) is 15.6. The topological polar surface area (TPSA) is 101 Å². The molecule has 7 heteroatoms. The fourth-order valence-corrected chi connectivity index (χ4v) is 5.36. The SMILES string of the molecule is N#Cc1cc(Br)cc(-c2ccc3c(c2)C2(COC(N)=N2)C2C[C@@H](O)CCC2O3)c1. The quantitative estimate of drug-likeness (QED) is 0.688. The molecule has 148 valence electrons. The molecule has 2 heterocycles.